The highest BCUT2D eigenvalue weighted by Crippen LogP contribution is 2.39. The van der Waals surface area contributed by atoms with Gasteiger partial charge in [-0.3, -0.25) is 9.59 Å². The summed E-state index contributed by atoms with van der Waals surface area (Å²) in [5, 5.41) is 10.7. The molecule has 2 N–H and O–H groups in total. The molecular formula is C25H27ClN4O4. The molecular weight excluding hydrogens is 456 g/mol. The molecule has 1 aliphatic carbocycles. The van der Waals surface area contributed by atoms with Crippen molar-refractivity contribution < 1.29 is 18.8 Å². The zero-order valence-corrected chi connectivity index (χ0v) is 19.6. The van der Waals surface area contributed by atoms with E-state index in [2.05, 4.69) is 20.8 Å². The van der Waals surface area contributed by atoms with Crippen molar-refractivity contribution in [3.05, 3.63) is 71.1 Å². The highest BCUT2D eigenvalue weighted by atomic mass is 35.5. The molecule has 3 aromatic rings. The molecule has 4 rings (SSSR count). The third kappa shape index (κ3) is 6.01. The van der Waals surface area contributed by atoms with Crippen LogP contribution in [-0.2, 0) is 20.7 Å². The number of rotatable bonds is 9. The number of halogens is 1. The highest BCUT2D eigenvalue weighted by Gasteiger charge is 2.42. The lowest BCUT2D eigenvalue weighted by Gasteiger charge is -2.18. The van der Waals surface area contributed by atoms with Crippen molar-refractivity contribution in [1.82, 2.24) is 20.8 Å². The highest BCUT2D eigenvalue weighted by molar-refractivity contribution is 6.30. The molecule has 1 aliphatic rings. The molecule has 1 aromatic heterocycles. The number of nitrogens with one attached hydrogen (secondary N) is 2. The van der Waals surface area contributed by atoms with E-state index in [-0.39, 0.29) is 36.1 Å². The smallest absolute Gasteiger partial charge is 0.232 e. The van der Waals surface area contributed by atoms with Gasteiger partial charge >= 0.3 is 0 Å². The number of amides is 2. The van der Waals surface area contributed by atoms with E-state index in [0.29, 0.717) is 42.7 Å². The van der Waals surface area contributed by atoms with Gasteiger partial charge in [0.05, 0.1) is 18.9 Å². The van der Waals surface area contributed by atoms with Crippen LogP contribution in [-0.4, -0.2) is 48.3 Å². The molecule has 3 atom stereocenters. The summed E-state index contributed by atoms with van der Waals surface area (Å²) in [6.45, 7) is 0.868. The Morgan fingerprint density at radius 2 is 1.97 bits per heavy atom. The molecule has 0 radical (unpaired) electrons. The summed E-state index contributed by atoms with van der Waals surface area (Å²) in [5.41, 5.74) is 1.66. The predicted molar refractivity (Wildman–Crippen MR) is 127 cm³/mol. The molecule has 2 amide bonds. The van der Waals surface area contributed by atoms with Gasteiger partial charge in [0.15, 0.2) is 0 Å². The minimum Gasteiger partial charge on any atom is -0.383 e. The molecule has 0 saturated heterocycles. The van der Waals surface area contributed by atoms with Crippen molar-refractivity contribution in [1.29, 1.82) is 0 Å². The molecule has 178 valence electrons. The van der Waals surface area contributed by atoms with Crippen molar-refractivity contribution in [3.8, 4) is 11.4 Å². The van der Waals surface area contributed by atoms with Crippen LogP contribution in [0.1, 0.15) is 30.2 Å². The first kappa shape index (κ1) is 23.9. The van der Waals surface area contributed by atoms with Gasteiger partial charge in [0, 0.05) is 36.2 Å². The first-order valence-electron chi connectivity index (χ1n) is 11.2. The van der Waals surface area contributed by atoms with Gasteiger partial charge < -0.3 is 19.9 Å². The van der Waals surface area contributed by atoms with E-state index in [4.69, 9.17) is 20.9 Å². The van der Waals surface area contributed by atoms with Crippen LogP contribution in [0.5, 0.6) is 0 Å². The molecule has 0 aliphatic heterocycles. The van der Waals surface area contributed by atoms with Gasteiger partial charge in [0.25, 0.3) is 0 Å². The second kappa shape index (κ2) is 11.3. The van der Waals surface area contributed by atoms with Gasteiger partial charge in [0.2, 0.25) is 23.5 Å². The number of carbonyl (C=O) groups is 2. The van der Waals surface area contributed by atoms with Crippen molar-refractivity contribution in [2.75, 3.05) is 20.3 Å². The summed E-state index contributed by atoms with van der Waals surface area (Å²) in [5.74, 6) is 0.112. The average molecular weight is 483 g/mol. The van der Waals surface area contributed by atoms with E-state index in [1.54, 1.807) is 19.2 Å². The Balaban J connectivity index is 1.50. The molecule has 3 unspecified atom stereocenters. The van der Waals surface area contributed by atoms with Crippen molar-refractivity contribution in [3.63, 3.8) is 0 Å². The van der Waals surface area contributed by atoms with Crippen LogP contribution < -0.4 is 10.6 Å². The van der Waals surface area contributed by atoms with Gasteiger partial charge in [-0.1, -0.05) is 59.2 Å². The Labute approximate surface area is 203 Å². The van der Waals surface area contributed by atoms with E-state index in [1.807, 2.05) is 42.5 Å². The van der Waals surface area contributed by atoms with Crippen LogP contribution in [0.3, 0.4) is 0 Å². The maximum atomic E-state index is 12.8. The quantitative estimate of drug-likeness (QED) is 0.453. The fourth-order valence-corrected chi connectivity index (χ4v) is 4.50. The van der Waals surface area contributed by atoms with Crippen LogP contribution in [0.15, 0.2) is 59.1 Å². The van der Waals surface area contributed by atoms with Crippen molar-refractivity contribution in [2.45, 2.75) is 31.2 Å². The SMILES string of the molecule is COCCNC(=O)C1CC(NC(=O)Cc2cccc(Cl)c2)C(c2nc(-c3ccccc3)no2)C1. The first-order valence-corrected chi connectivity index (χ1v) is 11.6. The number of nitrogens with zero attached hydrogens (tertiary/aromatic N) is 2. The molecule has 2 aromatic carbocycles. The molecule has 1 heterocycles. The third-order valence-electron chi connectivity index (χ3n) is 5.93. The number of methoxy groups -OCH3 is 1. The fourth-order valence-electron chi connectivity index (χ4n) is 4.29. The van der Waals surface area contributed by atoms with Gasteiger partial charge in [-0.25, -0.2) is 0 Å². The zero-order valence-electron chi connectivity index (χ0n) is 18.9. The second-order valence-corrected chi connectivity index (χ2v) is 8.80. The fraction of sp³-hybridized carbons (Fsp3) is 0.360. The minimum atomic E-state index is -0.311. The molecule has 8 nitrogen and oxygen atoms in total. The molecule has 34 heavy (non-hydrogen) atoms. The topological polar surface area (TPSA) is 106 Å². The van der Waals surface area contributed by atoms with E-state index in [0.717, 1.165) is 11.1 Å². The number of aromatic nitrogens is 2. The number of hydrogen-bond donors (Lipinski definition) is 2. The number of ether oxygens (including phenoxy) is 1. The van der Waals surface area contributed by atoms with E-state index < -0.39 is 0 Å². The largest absolute Gasteiger partial charge is 0.383 e. The summed E-state index contributed by atoms with van der Waals surface area (Å²) < 4.78 is 10.6. The van der Waals surface area contributed by atoms with Crippen molar-refractivity contribution in [2.24, 2.45) is 5.92 Å². The van der Waals surface area contributed by atoms with E-state index in [1.165, 1.54) is 0 Å². The summed E-state index contributed by atoms with van der Waals surface area (Å²) in [6, 6.07) is 16.4. The third-order valence-corrected chi connectivity index (χ3v) is 6.16. The predicted octanol–water partition coefficient (Wildman–Crippen LogP) is 3.37. The van der Waals surface area contributed by atoms with E-state index >= 15 is 0 Å². The second-order valence-electron chi connectivity index (χ2n) is 8.36. The van der Waals surface area contributed by atoms with Gasteiger partial charge in [-0.2, -0.15) is 4.98 Å². The average Bonchev–Trinajstić information content (AvgIpc) is 3.47. The van der Waals surface area contributed by atoms with Crippen LogP contribution in [0.4, 0.5) is 0 Å². The Kier molecular flexibility index (Phi) is 7.92. The van der Waals surface area contributed by atoms with Gasteiger partial charge in [-0.05, 0) is 30.5 Å². The van der Waals surface area contributed by atoms with Gasteiger partial charge in [-0.15, -0.1) is 0 Å². The van der Waals surface area contributed by atoms with Crippen LogP contribution in [0.25, 0.3) is 11.4 Å². The normalized spacial score (nSPS) is 19.6. The standard InChI is InChI=1S/C25H27ClN4O4/c1-33-11-10-27-24(32)18-14-20(25-29-23(30-34-25)17-7-3-2-4-8-17)21(15-18)28-22(31)13-16-6-5-9-19(26)12-16/h2-9,12,18,20-21H,10-11,13-15H2,1H3,(H,27,32)(H,28,31). The minimum absolute atomic E-state index is 0.0727. The molecule has 9 heteroatoms. The molecule has 1 saturated carbocycles. The monoisotopic (exact) mass is 482 g/mol. The molecule has 1 fully saturated rings. The lowest BCUT2D eigenvalue weighted by molar-refractivity contribution is -0.125. The number of carbonyl (C=O) groups excluding carboxylic acids is 2. The summed E-state index contributed by atoms with van der Waals surface area (Å²) in [7, 11) is 1.59. The summed E-state index contributed by atoms with van der Waals surface area (Å²) >= 11 is 6.05. The van der Waals surface area contributed by atoms with E-state index in [9.17, 15) is 9.59 Å². The van der Waals surface area contributed by atoms with Crippen LogP contribution >= 0.6 is 11.6 Å². The van der Waals surface area contributed by atoms with Crippen LogP contribution in [0.2, 0.25) is 5.02 Å². The summed E-state index contributed by atoms with van der Waals surface area (Å²) in [6.07, 6.45) is 1.17. The summed E-state index contributed by atoms with van der Waals surface area (Å²) in [4.78, 5) is 30.1. The Morgan fingerprint density at radius 1 is 1.15 bits per heavy atom. The number of benzene rings is 2. The van der Waals surface area contributed by atoms with Gasteiger partial charge in [0.1, 0.15) is 0 Å². The van der Waals surface area contributed by atoms with Crippen LogP contribution in [0, 0.1) is 5.92 Å². The lowest BCUT2D eigenvalue weighted by Crippen LogP contribution is -2.38. The Morgan fingerprint density at radius 3 is 2.74 bits per heavy atom. The van der Waals surface area contributed by atoms with Crippen molar-refractivity contribution >= 4 is 23.4 Å². The first-order chi connectivity index (χ1) is 16.5. The Bertz CT molecular complexity index is 1120. The maximum Gasteiger partial charge on any atom is 0.232 e. The zero-order chi connectivity index (χ0) is 23.9. The lowest BCUT2D eigenvalue weighted by atomic mass is 10.0. The Hall–Kier alpha value is -3.23. The maximum absolute atomic E-state index is 12.8. The molecule has 0 bridgehead atoms. The molecule has 0 spiro atoms. The number of hydrogen-bond acceptors (Lipinski definition) is 6.